The first-order valence-electron chi connectivity index (χ1n) is 12.6. The lowest BCUT2D eigenvalue weighted by molar-refractivity contribution is -0.142. The molecule has 0 aromatic heterocycles. The molecule has 1 heterocycles. The van der Waals surface area contributed by atoms with E-state index in [2.05, 4.69) is 10.6 Å². The molecule has 1 aliphatic rings. The minimum atomic E-state index is -0.862. The number of aliphatic hydroxyl groups is 1. The van der Waals surface area contributed by atoms with Gasteiger partial charge in [0.2, 0.25) is 17.7 Å². The fourth-order valence-electron chi connectivity index (χ4n) is 4.68. The molecular weight excluding hydrogens is 480 g/mol. The molecule has 3 amide bonds. The third-order valence-electron chi connectivity index (χ3n) is 6.84. The number of carbonyl (C=O) groups is 3. The number of amides is 3. The minimum absolute atomic E-state index is 0. The summed E-state index contributed by atoms with van der Waals surface area (Å²) in [4.78, 5) is 41.0. The second-order valence-electron chi connectivity index (χ2n) is 9.28. The first kappa shape index (κ1) is 29.5. The summed E-state index contributed by atoms with van der Waals surface area (Å²) in [7, 11) is 0. The van der Waals surface area contributed by atoms with E-state index < -0.39 is 24.1 Å². The van der Waals surface area contributed by atoms with Crippen molar-refractivity contribution in [1.82, 2.24) is 15.5 Å². The van der Waals surface area contributed by atoms with Crippen LogP contribution in [0, 0.1) is 5.92 Å². The second-order valence-corrected chi connectivity index (χ2v) is 9.28. The number of nitrogens with zero attached hydrogens (tertiary/aromatic N) is 1. The van der Waals surface area contributed by atoms with Crippen LogP contribution in [0.2, 0.25) is 0 Å². The number of hydrogen-bond donors (Lipinski definition) is 4. The van der Waals surface area contributed by atoms with Gasteiger partial charge in [-0.3, -0.25) is 14.4 Å². The average molecular weight is 519 g/mol. The summed E-state index contributed by atoms with van der Waals surface area (Å²) >= 11 is 0. The maximum absolute atomic E-state index is 13.3. The summed E-state index contributed by atoms with van der Waals surface area (Å²) in [5.41, 5.74) is 6.36. The standard InChI is InChI=1S/C27H38N4O4.ClH/c1-3-19(4-2)27(35)31-13-7-10-24(31)26(34)30-23(25(33)29-17-22(32)16-28)15-18-11-12-20-8-5-6-9-21(20)14-18;/h5-6,8-9,11-12,14,19,22-24,32H,3-4,7,10,13,15-17,28H2,1-2H3,(H,29,33)(H,30,34);1H/t22?,23-,24-;/m1./s1. The van der Waals surface area contributed by atoms with E-state index in [1.807, 2.05) is 56.3 Å². The Bertz CT molecular complexity index is 1030. The van der Waals surface area contributed by atoms with Crippen LogP contribution < -0.4 is 16.4 Å². The largest absolute Gasteiger partial charge is 0.390 e. The van der Waals surface area contributed by atoms with Gasteiger partial charge < -0.3 is 26.4 Å². The van der Waals surface area contributed by atoms with Crippen LogP contribution in [0.4, 0.5) is 0 Å². The van der Waals surface area contributed by atoms with Crippen molar-refractivity contribution in [3.63, 3.8) is 0 Å². The fourth-order valence-corrected chi connectivity index (χ4v) is 4.68. The Morgan fingerprint density at radius 2 is 1.81 bits per heavy atom. The van der Waals surface area contributed by atoms with E-state index in [0.29, 0.717) is 13.0 Å². The van der Waals surface area contributed by atoms with Gasteiger partial charge in [-0.2, -0.15) is 0 Å². The fraction of sp³-hybridized carbons (Fsp3) is 0.519. The third-order valence-corrected chi connectivity index (χ3v) is 6.84. The lowest BCUT2D eigenvalue weighted by Crippen LogP contribution is -2.55. The molecule has 1 fully saturated rings. The van der Waals surface area contributed by atoms with E-state index in [-0.39, 0.29) is 49.6 Å². The molecule has 0 radical (unpaired) electrons. The van der Waals surface area contributed by atoms with E-state index in [9.17, 15) is 19.5 Å². The van der Waals surface area contributed by atoms with E-state index in [4.69, 9.17) is 5.73 Å². The van der Waals surface area contributed by atoms with Crippen molar-refractivity contribution in [2.24, 2.45) is 11.7 Å². The van der Waals surface area contributed by atoms with Gasteiger partial charge in [0, 0.05) is 32.0 Å². The Labute approximate surface area is 219 Å². The molecule has 1 saturated heterocycles. The maximum Gasteiger partial charge on any atom is 0.243 e. The maximum atomic E-state index is 13.3. The Balaban J connectivity index is 0.00000456. The van der Waals surface area contributed by atoms with Crippen LogP contribution in [0.5, 0.6) is 0 Å². The molecular formula is C27H39ClN4O4. The third kappa shape index (κ3) is 7.41. The lowest BCUT2D eigenvalue weighted by Gasteiger charge is -2.29. The van der Waals surface area contributed by atoms with Crippen molar-refractivity contribution in [1.29, 1.82) is 0 Å². The van der Waals surface area contributed by atoms with Gasteiger partial charge in [0.15, 0.2) is 0 Å². The molecule has 9 heteroatoms. The van der Waals surface area contributed by atoms with Gasteiger partial charge in [-0.15, -0.1) is 12.4 Å². The quantitative estimate of drug-likeness (QED) is 0.363. The van der Waals surface area contributed by atoms with Crippen LogP contribution >= 0.6 is 12.4 Å². The number of rotatable bonds is 11. The predicted molar refractivity (Wildman–Crippen MR) is 144 cm³/mol. The number of likely N-dealkylation sites (tertiary alicyclic amines) is 1. The molecule has 8 nitrogen and oxygen atoms in total. The predicted octanol–water partition coefficient (Wildman–Crippen LogP) is 2.15. The molecule has 0 spiro atoms. The zero-order valence-corrected chi connectivity index (χ0v) is 21.9. The number of halogens is 1. The second kappa shape index (κ2) is 14.2. The molecule has 1 aliphatic heterocycles. The van der Waals surface area contributed by atoms with Crippen LogP contribution in [-0.2, 0) is 20.8 Å². The topological polar surface area (TPSA) is 125 Å². The van der Waals surface area contributed by atoms with Crippen LogP contribution in [0.1, 0.15) is 45.1 Å². The molecule has 5 N–H and O–H groups in total. The molecule has 36 heavy (non-hydrogen) atoms. The molecule has 1 unspecified atom stereocenters. The minimum Gasteiger partial charge on any atom is -0.390 e. The Morgan fingerprint density at radius 1 is 1.11 bits per heavy atom. The van der Waals surface area contributed by atoms with Crippen molar-refractivity contribution in [3.8, 4) is 0 Å². The van der Waals surface area contributed by atoms with Gasteiger partial charge in [0.05, 0.1) is 6.10 Å². The van der Waals surface area contributed by atoms with Gasteiger partial charge in [-0.1, -0.05) is 56.3 Å². The summed E-state index contributed by atoms with van der Waals surface area (Å²) in [5.74, 6) is -0.802. The molecule has 3 atom stereocenters. The van der Waals surface area contributed by atoms with Crippen molar-refractivity contribution in [2.75, 3.05) is 19.6 Å². The molecule has 0 bridgehead atoms. The van der Waals surface area contributed by atoms with Crippen molar-refractivity contribution < 1.29 is 19.5 Å². The van der Waals surface area contributed by atoms with Crippen LogP contribution in [0.15, 0.2) is 42.5 Å². The number of hydrogen-bond acceptors (Lipinski definition) is 5. The summed E-state index contributed by atoms with van der Waals surface area (Å²) in [6.07, 6.45) is 2.22. The highest BCUT2D eigenvalue weighted by Crippen LogP contribution is 2.23. The number of nitrogens with one attached hydrogen (secondary N) is 2. The Morgan fingerprint density at radius 3 is 2.47 bits per heavy atom. The highest BCUT2D eigenvalue weighted by atomic mass is 35.5. The average Bonchev–Trinajstić information content (AvgIpc) is 3.37. The smallest absolute Gasteiger partial charge is 0.243 e. The highest BCUT2D eigenvalue weighted by Gasteiger charge is 2.37. The summed E-state index contributed by atoms with van der Waals surface area (Å²) < 4.78 is 0. The van der Waals surface area contributed by atoms with Crippen LogP contribution in [-0.4, -0.2) is 65.5 Å². The summed E-state index contributed by atoms with van der Waals surface area (Å²) in [6.45, 7) is 4.55. The first-order valence-corrected chi connectivity index (χ1v) is 12.6. The number of fused-ring (bicyclic) bond motifs is 1. The Hall–Kier alpha value is -2.68. The van der Waals surface area contributed by atoms with E-state index in [0.717, 1.165) is 35.6 Å². The summed E-state index contributed by atoms with van der Waals surface area (Å²) in [6, 6.07) is 12.5. The van der Waals surface area contributed by atoms with Crippen LogP contribution in [0.25, 0.3) is 10.8 Å². The van der Waals surface area contributed by atoms with E-state index >= 15 is 0 Å². The normalized spacial score (nSPS) is 16.9. The molecule has 2 aromatic rings. The number of benzene rings is 2. The van der Waals surface area contributed by atoms with E-state index in [1.165, 1.54) is 0 Å². The number of aliphatic hydroxyl groups excluding tert-OH is 1. The lowest BCUT2D eigenvalue weighted by atomic mass is 10.00. The zero-order valence-electron chi connectivity index (χ0n) is 21.1. The van der Waals surface area contributed by atoms with Crippen molar-refractivity contribution in [2.45, 2.75) is 64.1 Å². The van der Waals surface area contributed by atoms with Gasteiger partial charge in [0.1, 0.15) is 12.1 Å². The van der Waals surface area contributed by atoms with Crippen LogP contribution in [0.3, 0.4) is 0 Å². The Kier molecular flexibility index (Phi) is 11.6. The first-order chi connectivity index (χ1) is 16.9. The van der Waals surface area contributed by atoms with Gasteiger partial charge in [-0.05, 0) is 42.0 Å². The molecule has 198 valence electrons. The summed E-state index contributed by atoms with van der Waals surface area (Å²) in [5, 5.41) is 17.5. The SMILES string of the molecule is CCC(CC)C(=O)N1CCC[C@@H]1C(=O)N[C@H](Cc1ccc2ccccc2c1)C(=O)NCC(O)CN.Cl. The molecule has 0 aliphatic carbocycles. The highest BCUT2D eigenvalue weighted by molar-refractivity contribution is 5.93. The van der Waals surface area contributed by atoms with E-state index in [1.54, 1.807) is 4.90 Å². The van der Waals surface area contributed by atoms with Gasteiger partial charge >= 0.3 is 0 Å². The number of nitrogens with two attached hydrogens (primary N) is 1. The van der Waals surface area contributed by atoms with Gasteiger partial charge in [0.25, 0.3) is 0 Å². The van der Waals surface area contributed by atoms with Gasteiger partial charge in [-0.25, -0.2) is 0 Å². The van der Waals surface area contributed by atoms with Crippen molar-refractivity contribution >= 4 is 40.9 Å². The van der Waals surface area contributed by atoms with Crippen molar-refractivity contribution in [3.05, 3.63) is 48.0 Å². The zero-order chi connectivity index (χ0) is 25.4. The molecule has 3 rings (SSSR count). The molecule has 2 aromatic carbocycles. The monoisotopic (exact) mass is 518 g/mol. The molecule has 0 saturated carbocycles. The number of carbonyl (C=O) groups excluding carboxylic acids is 3.